The van der Waals surface area contributed by atoms with Gasteiger partial charge in [-0.15, -0.1) is 11.8 Å². The van der Waals surface area contributed by atoms with Gasteiger partial charge in [-0.05, 0) is 37.6 Å². The average Bonchev–Trinajstić information content (AvgIpc) is 2.53. The Labute approximate surface area is 138 Å². The van der Waals surface area contributed by atoms with Crippen molar-refractivity contribution in [3.8, 4) is 0 Å². The number of thioether (sulfide) groups is 1. The van der Waals surface area contributed by atoms with Gasteiger partial charge in [0, 0.05) is 29.3 Å². The quantitative estimate of drug-likeness (QED) is 0.605. The summed E-state index contributed by atoms with van der Waals surface area (Å²) in [4.78, 5) is 14.6. The number of nitrogens with zero attached hydrogens (tertiary/aromatic N) is 2. The van der Waals surface area contributed by atoms with Crippen molar-refractivity contribution in [2.45, 2.75) is 24.3 Å². The van der Waals surface area contributed by atoms with E-state index < -0.39 is 4.92 Å². The first kappa shape index (κ1) is 17.2. The number of benzene rings is 1. The summed E-state index contributed by atoms with van der Waals surface area (Å²) in [5, 5.41) is 14.0. The third-order valence-corrected chi connectivity index (χ3v) is 4.61. The number of nitro groups is 1. The summed E-state index contributed by atoms with van der Waals surface area (Å²) in [5.74, 6) is 0.759. The second-order valence-electron chi connectivity index (χ2n) is 5.66. The Morgan fingerprint density at radius 2 is 2.00 bits per heavy atom. The van der Waals surface area contributed by atoms with Crippen LogP contribution in [-0.2, 0) is 5.75 Å². The van der Waals surface area contributed by atoms with E-state index in [1.54, 1.807) is 23.9 Å². The molecule has 0 unspecified atom stereocenters. The average molecular weight is 335 g/mol. The zero-order valence-electron chi connectivity index (χ0n) is 13.0. The Morgan fingerprint density at radius 3 is 2.65 bits per heavy atom. The zero-order valence-corrected chi connectivity index (χ0v) is 13.8. The minimum atomic E-state index is -0.450. The van der Waals surface area contributed by atoms with Crippen LogP contribution in [0.2, 0.25) is 0 Å². The van der Waals surface area contributed by atoms with E-state index >= 15 is 0 Å². The van der Waals surface area contributed by atoms with Gasteiger partial charge in [0.15, 0.2) is 0 Å². The molecule has 7 heteroatoms. The van der Waals surface area contributed by atoms with Gasteiger partial charge >= 0.3 is 5.69 Å². The van der Waals surface area contributed by atoms with Gasteiger partial charge in [-0.2, -0.15) is 0 Å². The Bertz CT molecular complexity index is 677. The number of hydrogen-bond acceptors (Lipinski definition) is 5. The van der Waals surface area contributed by atoms with Gasteiger partial charge in [-0.25, -0.2) is 9.37 Å². The van der Waals surface area contributed by atoms with Crippen LogP contribution < -0.4 is 5.32 Å². The number of aromatic nitrogens is 1. The van der Waals surface area contributed by atoms with Gasteiger partial charge < -0.3 is 5.32 Å². The molecule has 1 N–H and O–H groups in total. The molecule has 0 aliphatic carbocycles. The predicted molar refractivity (Wildman–Crippen MR) is 91.2 cm³/mol. The topological polar surface area (TPSA) is 68.1 Å². The van der Waals surface area contributed by atoms with Crippen molar-refractivity contribution in [2.24, 2.45) is 0 Å². The molecule has 1 aromatic heterocycles. The molecule has 0 saturated heterocycles. The molecule has 1 aromatic carbocycles. The fraction of sp³-hybridized carbons (Fsp3) is 0.312. The largest absolute Gasteiger partial charge is 0.363 e. The van der Waals surface area contributed by atoms with E-state index in [2.05, 4.69) is 10.3 Å². The molecule has 0 saturated carbocycles. The van der Waals surface area contributed by atoms with Gasteiger partial charge in [-0.1, -0.05) is 12.1 Å². The molecule has 0 fully saturated rings. The van der Waals surface area contributed by atoms with Crippen LogP contribution in [0.3, 0.4) is 0 Å². The molecule has 2 aromatic rings. The number of nitrogens with one attached hydrogen (secondary N) is 1. The minimum Gasteiger partial charge on any atom is -0.363 e. The molecule has 2 rings (SSSR count). The van der Waals surface area contributed by atoms with Crippen LogP contribution in [0.1, 0.15) is 19.4 Å². The van der Waals surface area contributed by atoms with Crippen molar-refractivity contribution >= 4 is 23.3 Å². The summed E-state index contributed by atoms with van der Waals surface area (Å²) >= 11 is 1.69. The summed E-state index contributed by atoms with van der Waals surface area (Å²) in [6.45, 7) is 4.61. The highest BCUT2D eigenvalue weighted by molar-refractivity contribution is 7.99. The molecule has 5 nitrogen and oxygen atoms in total. The summed E-state index contributed by atoms with van der Waals surface area (Å²) < 4.78 is 12.7. The molecule has 0 atom stereocenters. The van der Waals surface area contributed by atoms with Crippen LogP contribution in [-0.4, -0.2) is 21.2 Å². The SMILES string of the molecule is CC(C)(CNc1ncccc1[N+](=O)[O-])SCc1ccc(F)cc1. The highest BCUT2D eigenvalue weighted by Crippen LogP contribution is 2.29. The number of pyridine rings is 1. The lowest BCUT2D eigenvalue weighted by molar-refractivity contribution is -0.384. The molecule has 0 bridgehead atoms. The molecule has 122 valence electrons. The molecule has 0 amide bonds. The molecule has 0 aliphatic heterocycles. The van der Waals surface area contributed by atoms with Gasteiger partial charge in [0.05, 0.1) is 4.92 Å². The Kier molecular flexibility index (Phi) is 5.54. The molecule has 23 heavy (non-hydrogen) atoms. The monoisotopic (exact) mass is 335 g/mol. The number of halogens is 1. The van der Waals surface area contributed by atoms with E-state index in [-0.39, 0.29) is 22.1 Å². The second-order valence-corrected chi connectivity index (χ2v) is 7.34. The van der Waals surface area contributed by atoms with Crippen LogP contribution in [0.25, 0.3) is 0 Å². The van der Waals surface area contributed by atoms with Crippen molar-refractivity contribution in [1.29, 1.82) is 0 Å². The zero-order chi connectivity index (χ0) is 16.9. The normalized spacial score (nSPS) is 11.3. The smallest absolute Gasteiger partial charge is 0.311 e. The van der Waals surface area contributed by atoms with Crippen LogP contribution in [0.5, 0.6) is 0 Å². The molecular weight excluding hydrogens is 317 g/mol. The van der Waals surface area contributed by atoms with Crippen LogP contribution in [0.4, 0.5) is 15.9 Å². The van der Waals surface area contributed by atoms with E-state index in [0.29, 0.717) is 6.54 Å². The van der Waals surface area contributed by atoms with Crippen LogP contribution in [0.15, 0.2) is 42.6 Å². The van der Waals surface area contributed by atoms with E-state index in [1.165, 1.54) is 30.5 Å². The van der Waals surface area contributed by atoms with Crippen LogP contribution in [0, 0.1) is 15.9 Å². The summed E-state index contributed by atoms with van der Waals surface area (Å²) in [5.41, 5.74) is 1.00. The van der Waals surface area contributed by atoms with Gasteiger partial charge in [0.25, 0.3) is 0 Å². The summed E-state index contributed by atoms with van der Waals surface area (Å²) in [7, 11) is 0. The lowest BCUT2D eigenvalue weighted by Gasteiger charge is -2.24. The number of rotatable bonds is 7. The fourth-order valence-corrected chi connectivity index (χ4v) is 2.81. The number of anilines is 1. The summed E-state index contributed by atoms with van der Waals surface area (Å²) in [6.07, 6.45) is 1.52. The standard InChI is InChI=1S/C16H18FN3O2S/c1-16(2,23-10-12-5-7-13(17)8-6-12)11-19-15-14(20(21)22)4-3-9-18-15/h3-9H,10-11H2,1-2H3,(H,18,19). The van der Waals surface area contributed by atoms with Gasteiger partial charge in [0.1, 0.15) is 5.82 Å². The van der Waals surface area contributed by atoms with Gasteiger partial charge in [0.2, 0.25) is 5.82 Å². The number of hydrogen-bond donors (Lipinski definition) is 1. The molecular formula is C16H18FN3O2S. The molecule has 0 radical (unpaired) electrons. The third-order valence-electron chi connectivity index (χ3n) is 3.21. The first-order valence-corrected chi connectivity index (χ1v) is 8.08. The molecule has 0 spiro atoms. The van der Waals surface area contributed by atoms with Gasteiger partial charge in [-0.3, -0.25) is 10.1 Å². The Morgan fingerprint density at radius 1 is 1.30 bits per heavy atom. The molecule has 1 heterocycles. The van der Waals surface area contributed by atoms with E-state index in [4.69, 9.17) is 0 Å². The fourth-order valence-electron chi connectivity index (χ4n) is 1.89. The highest BCUT2D eigenvalue weighted by Gasteiger charge is 2.21. The van der Waals surface area contributed by atoms with Crippen molar-refractivity contribution in [3.05, 3.63) is 64.1 Å². The first-order chi connectivity index (χ1) is 10.9. The lowest BCUT2D eigenvalue weighted by Crippen LogP contribution is -2.27. The maximum absolute atomic E-state index is 12.9. The highest BCUT2D eigenvalue weighted by atomic mass is 32.2. The van der Waals surface area contributed by atoms with Crippen molar-refractivity contribution in [3.63, 3.8) is 0 Å². The maximum atomic E-state index is 12.9. The van der Waals surface area contributed by atoms with Crippen molar-refractivity contribution in [1.82, 2.24) is 4.98 Å². The first-order valence-electron chi connectivity index (χ1n) is 7.09. The van der Waals surface area contributed by atoms with Crippen molar-refractivity contribution in [2.75, 3.05) is 11.9 Å². The minimum absolute atomic E-state index is 0.0353. The Balaban J connectivity index is 1.93. The van der Waals surface area contributed by atoms with E-state index in [1.807, 2.05) is 13.8 Å². The van der Waals surface area contributed by atoms with E-state index in [9.17, 15) is 14.5 Å². The van der Waals surface area contributed by atoms with Crippen molar-refractivity contribution < 1.29 is 9.31 Å². The predicted octanol–water partition coefficient (Wildman–Crippen LogP) is 4.25. The maximum Gasteiger partial charge on any atom is 0.311 e. The lowest BCUT2D eigenvalue weighted by atomic mass is 10.2. The second kappa shape index (κ2) is 7.41. The third kappa shape index (κ3) is 5.21. The molecule has 0 aliphatic rings. The van der Waals surface area contributed by atoms with E-state index in [0.717, 1.165) is 11.3 Å². The Hall–Kier alpha value is -2.15. The van der Waals surface area contributed by atoms with Crippen LogP contribution >= 0.6 is 11.8 Å². The summed E-state index contributed by atoms with van der Waals surface area (Å²) in [6, 6.07) is 9.37.